The number of unbranched alkanes of at least 4 members (excludes halogenated alkanes) is 1. The average molecular weight is 277 g/mol. The number of rotatable bonds is 8. The number of aryl methyl sites for hydroxylation is 1. The second-order valence-corrected chi connectivity index (χ2v) is 4.98. The molecule has 0 aliphatic carbocycles. The Balaban J connectivity index is 2.60. The molecule has 0 aromatic heterocycles. The van der Waals surface area contributed by atoms with Crippen molar-refractivity contribution in [3.63, 3.8) is 0 Å². The largest absolute Gasteiger partial charge is 0.481 e. The highest BCUT2D eigenvalue weighted by atomic mass is 16.4. The third-order valence-corrected chi connectivity index (χ3v) is 3.28. The highest BCUT2D eigenvalue weighted by molar-refractivity contribution is 5.94. The molecule has 110 valence electrons. The van der Waals surface area contributed by atoms with E-state index in [1.165, 1.54) is 5.56 Å². The van der Waals surface area contributed by atoms with Crippen LogP contribution < -0.4 is 5.32 Å². The summed E-state index contributed by atoms with van der Waals surface area (Å²) in [5.41, 5.74) is 1.80. The maximum atomic E-state index is 12.0. The number of aliphatic carboxylic acids is 1. The number of nitrogens with one attached hydrogen (secondary N) is 1. The molecule has 1 unspecified atom stereocenters. The summed E-state index contributed by atoms with van der Waals surface area (Å²) >= 11 is 0. The topological polar surface area (TPSA) is 66.4 Å². The fourth-order valence-corrected chi connectivity index (χ4v) is 1.98. The lowest BCUT2D eigenvalue weighted by molar-refractivity contribution is -0.137. The van der Waals surface area contributed by atoms with Gasteiger partial charge >= 0.3 is 5.97 Å². The van der Waals surface area contributed by atoms with Gasteiger partial charge in [-0.05, 0) is 37.0 Å². The van der Waals surface area contributed by atoms with Crippen molar-refractivity contribution in [1.82, 2.24) is 5.32 Å². The van der Waals surface area contributed by atoms with Crippen LogP contribution in [0.3, 0.4) is 0 Å². The van der Waals surface area contributed by atoms with Gasteiger partial charge in [0.15, 0.2) is 0 Å². The second-order valence-electron chi connectivity index (χ2n) is 4.98. The Kier molecular flexibility index (Phi) is 6.77. The first-order chi connectivity index (χ1) is 9.56. The van der Waals surface area contributed by atoms with Gasteiger partial charge in [0.25, 0.3) is 5.91 Å². The summed E-state index contributed by atoms with van der Waals surface area (Å²) in [6.45, 7) is 4.01. The van der Waals surface area contributed by atoms with Crippen molar-refractivity contribution < 1.29 is 14.7 Å². The van der Waals surface area contributed by atoms with Crippen LogP contribution in [0.2, 0.25) is 0 Å². The Morgan fingerprint density at radius 2 is 1.85 bits per heavy atom. The lowest BCUT2D eigenvalue weighted by Crippen LogP contribution is -2.36. The Hall–Kier alpha value is -1.84. The molecule has 0 fully saturated rings. The van der Waals surface area contributed by atoms with Crippen LogP contribution >= 0.6 is 0 Å². The van der Waals surface area contributed by atoms with Gasteiger partial charge in [0.05, 0.1) is 6.42 Å². The fourth-order valence-electron chi connectivity index (χ4n) is 1.98. The van der Waals surface area contributed by atoms with Crippen molar-refractivity contribution >= 4 is 11.9 Å². The maximum absolute atomic E-state index is 12.0. The minimum atomic E-state index is -0.896. The van der Waals surface area contributed by atoms with Crippen LogP contribution in [0, 0.1) is 0 Å². The molecule has 2 N–H and O–H groups in total. The van der Waals surface area contributed by atoms with Gasteiger partial charge in [0.1, 0.15) is 0 Å². The number of hydrogen-bond donors (Lipinski definition) is 2. The number of hydrogen-bond acceptors (Lipinski definition) is 2. The molecule has 0 heterocycles. The van der Waals surface area contributed by atoms with Crippen LogP contribution in [0.5, 0.6) is 0 Å². The number of carbonyl (C=O) groups is 2. The van der Waals surface area contributed by atoms with Crippen LogP contribution in [0.4, 0.5) is 0 Å². The molecule has 1 aromatic carbocycles. The first-order valence-electron chi connectivity index (χ1n) is 7.18. The van der Waals surface area contributed by atoms with Gasteiger partial charge < -0.3 is 10.4 Å². The highest BCUT2D eigenvalue weighted by Crippen LogP contribution is 2.09. The monoisotopic (exact) mass is 277 g/mol. The van der Waals surface area contributed by atoms with E-state index in [1.807, 2.05) is 19.1 Å². The number of amides is 1. The van der Waals surface area contributed by atoms with E-state index < -0.39 is 5.97 Å². The SMILES string of the molecule is CCCCc1ccc(C(=O)NC(CC)CC(=O)O)cc1. The molecule has 0 bridgehead atoms. The molecule has 4 nitrogen and oxygen atoms in total. The van der Waals surface area contributed by atoms with Gasteiger partial charge in [0, 0.05) is 11.6 Å². The Bertz CT molecular complexity index is 440. The zero-order valence-corrected chi connectivity index (χ0v) is 12.2. The number of carboxylic acids is 1. The first kappa shape index (κ1) is 16.2. The number of carboxylic acid groups (broad SMARTS) is 1. The maximum Gasteiger partial charge on any atom is 0.305 e. The molecule has 0 aliphatic rings. The molecule has 1 amide bonds. The predicted octanol–water partition coefficient (Wildman–Crippen LogP) is 3.01. The van der Waals surface area contributed by atoms with Crippen LogP contribution in [0.1, 0.15) is 55.5 Å². The standard InChI is InChI=1S/C16H23NO3/c1-3-5-6-12-7-9-13(10-8-12)16(20)17-14(4-2)11-15(18)19/h7-10,14H,3-6,11H2,1-2H3,(H,17,20)(H,18,19). The summed E-state index contributed by atoms with van der Waals surface area (Å²) in [4.78, 5) is 22.7. The summed E-state index contributed by atoms with van der Waals surface area (Å²) in [6, 6.07) is 7.20. The van der Waals surface area contributed by atoms with Gasteiger partial charge in [-0.15, -0.1) is 0 Å². The zero-order valence-electron chi connectivity index (χ0n) is 12.2. The van der Waals surface area contributed by atoms with E-state index in [9.17, 15) is 9.59 Å². The molecular weight excluding hydrogens is 254 g/mol. The molecule has 20 heavy (non-hydrogen) atoms. The third kappa shape index (κ3) is 5.43. The van der Waals surface area contributed by atoms with Crippen LogP contribution in [0.25, 0.3) is 0 Å². The lowest BCUT2D eigenvalue weighted by Gasteiger charge is -2.14. The molecular formula is C16H23NO3. The van der Waals surface area contributed by atoms with Crippen LogP contribution in [0.15, 0.2) is 24.3 Å². The molecule has 0 saturated heterocycles. The normalized spacial score (nSPS) is 11.9. The minimum Gasteiger partial charge on any atom is -0.481 e. The molecule has 1 atom stereocenters. The summed E-state index contributed by atoms with van der Waals surface area (Å²) in [5, 5.41) is 11.5. The van der Waals surface area contributed by atoms with Gasteiger partial charge in [-0.2, -0.15) is 0 Å². The Morgan fingerprint density at radius 3 is 2.35 bits per heavy atom. The van der Waals surface area contributed by atoms with Gasteiger partial charge in [0.2, 0.25) is 0 Å². The van der Waals surface area contributed by atoms with Gasteiger partial charge in [-0.3, -0.25) is 9.59 Å². The van der Waals surface area contributed by atoms with Crippen molar-refractivity contribution in [3.8, 4) is 0 Å². The smallest absolute Gasteiger partial charge is 0.305 e. The predicted molar refractivity (Wildman–Crippen MR) is 78.9 cm³/mol. The van der Waals surface area contributed by atoms with Crippen LogP contribution in [-0.4, -0.2) is 23.0 Å². The molecule has 0 radical (unpaired) electrons. The van der Waals surface area contributed by atoms with E-state index >= 15 is 0 Å². The molecule has 0 saturated carbocycles. The summed E-state index contributed by atoms with van der Waals surface area (Å²) in [7, 11) is 0. The Morgan fingerprint density at radius 1 is 1.20 bits per heavy atom. The number of carbonyl (C=O) groups excluding carboxylic acids is 1. The summed E-state index contributed by atoms with van der Waals surface area (Å²) < 4.78 is 0. The Labute approximate surface area is 120 Å². The second kappa shape index (κ2) is 8.35. The van der Waals surface area contributed by atoms with E-state index in [1.54, 1.807) is 12.1 Å². The molecule has 4 heteroatoms. The van der Waals surface area contributed by atoms with Gasteiger partial charge in [-0.1, -0.05) is 32.4 Å². The summed E-state index contributed by atoms with van der Waals surface area (Å²) in [5.74, 6) is -1.10. The van der Waals surface area contributed by atoms with E-state index in [4.69, 9.17) is 5.11 Å². The molecule has 0 aliphatic heterocycles. The quantitative estimate of drug-likeness (QED) is 0.767. The van der Waals surface area contributed by atoms with Crippen molar-refractivity contribution in [2.24, 2.45) is 0 Å². The summed E-state index contributed by atoms with van der Waals surface area (Å²) in [6.07, 6.45) is 3.87. The van der Waals surface area contributed by atoms with Crippen molar-refractivity contribution in [2.45, 2.75) is 52.0 Å². The van der Waals surface area contributed by atoms with Crippen molar-refractivity contribution in [1.29, 1.82) is 0 Å². The number of benzene rings is 1. The van der Waals surface area contributed by atoms with Crippen LogP contribution in [-0.2, 0) is 11.2 Å². The molecule has 0 spiro atoms. The third-order valence-electron chi connectivity index (χ3n) is 3.28. The van der Waals surface area contributed by atoms with E-state index in [0.717, 1.165) is 19.3 Å². The lowest BCUT2D eigenvalue weighted by atomic mass is 10.1. The first-order valence-corrected chi connectivity index (χ1v) is 7.18. The van der Waals surface area contributed by atoms with E-state index in [0.29, 0.717) is 12.0 Å². The fraction of sp³-hybridized carbons (Fsp3) is 0.500. The average Bonchev–Trinajstić information content (AvgIpc) is 2.44. The van der Waals surface area contributed by atoms with Gasteiger partial charge in [-0.25, -0.2) is 0 Å². The molecule has 1 aromatic rings. The highest BCUT2D eigenvalue weighted by Gasteiger charge is 2.15. The van der Waals surface area contributed by atoms with Crippen molar-refractivity contribution in [3.05, 3.63) is 35.4 Å². The van der Waals surface area contributed by atoms with E-state index in [2.05, 4.69) is 12.2 Å². The minimum absolute atomic E-state index is 0.0448. The van der Waals surface area contributed by atoms with Crippen molar-refractivity contribution in [2.75, 3.05) is 0 Å². The molecule has 1 rings (SSSR count). The zero-order chi connectivity index (χ0) is 15.0. The van der Waals surface area contributed by atoms with E-state index in [-0.39, 0.29) is 18.4 Å².